The topological polar surface area (TPSA) is 855 Å². The number of aliphatic carboxylic acids is 2. The number of carbonyl (C=O) groups excluding carboxylic acids is 5. The largest absolute Gasteiger partial charge is 0.477 e. The van der Waals surface area contributed by atoms with E-state index in [1.165, 1.54) is 0 Å². The van der Waals surface area contributed by atoms with E-state index >= 15 is 0 Å². The van der Waals surface area contributed by atoms with Crippen molar-refractivity contribution < 1.29 is 238 Å². The van der Waals surface area contributed by atoms with Gasteiger partial charge in [0.05, 0.1) is 89.8 Å². The number of hydrogen-bond acceptors (Lipinski definition) is 46. The van der Waals surface area contributed by atoms with E-state index in [4.69, 9.17) is 66.3 Å². The van der Waals surface area contributed by atoms with Crippen LogP contribution in [0.15, 0.2) is 0 Å². The second-order valence-corrected chi connectivity index (χ2v) is 28.7. The van der Waals surface area contributed by atoms with Crippen LogP contribution in [0.25, 0.3) is 0 Å². The number of aliphatic hydroxyl groups is 25. The monoisotopic (exact) mass is 1710 g/mol. The smallest absolute Gasteiger partial charge is 0.364 e. The van der Waals surface area contributed by atoms with E-state index in [0.717, 1.165) is 27.7 Å². The van der Waals surface area contributed by atoms with Crippen molar-refractivity contribution in [2.24, 2.45) is 0 Å². The van der Waals surface area contributed by atoms with Crippen molar-refractivity contribution in [3.63, 3.8) is 0 Å². The van der Waals surface area contributed by atoms with Crippen LogP contribution >= 0.6 is 0 Å². The standard InChI is InChI=1S/C64H107N5O48/c1-17(79)65-21(7-70)48(39(91)26(87)16-104-56-35(67-19(3)81)43(95)49(30(13-76)108-56)111-59-46(98)54(41(93)28(11-74)106-59)116-63(61(100)101)5-22(83)33(66-18(2)80)51(114-63)37(89)24(85)8-71)110-58-45(97)53(40(92)27(10-73)105-58)113-57-36(68-20(4)82)44(96)50(31(14-77)109-57)112-60-47(99)55(42(94)29(12-75)107-60)117-64(62(102)103)6-23(84)34(69-32(88)15-78)52(115-64)38(90)25(86)9-72/h21-31,33-60,70-78,83-87,89-99H,5-16H2,1-4H3,(H,65,79)(H,66,80)(H,67,81)(H,68,82)(H,69,88)(H,100,101)(H,102,103)/t21-,22-,23-,24+,25+,26+,27+,28+,29+,30+,31+,33+,34+,35+,36+,37+,38+,39-,40-,41-,42-,43+,44+,45+,46+,47+,48+,49+,50+,51+,52+,53-,54-,55-,56+,57-,58-,59-,60-,63-,64-/m0/s1. The van der Waals surface area contributed by atoms with Crippen LogP contribution in [0.1, 0.15) is 40.5 Å². The molecule has 7 aliphatic heterocycles. The molecule has 7 rings (SSSR count). The highest BCUT2D eigenvalue weighted by Gasteiger charge is 2.64. The fourth-order valence-electron chi connectivity index (χ4n) is 14.4. The average Bonchev–Trinajstić information content (AvgIpc) is 0.753. The van der Waals surface area contributed by atoms with Crippen LogP contribution < -0.4 is 26.6 Å². The number of ether oxygens (including phenoxy) is 14. The molecule has 0 aliphatic carbocycles. The van der Waals surface area contributed by atoms with Gasteiger partial charge in [-0.3, -0.25) is 24.0 Å². The minimum atomic E-state index is -3.34. The Morgan fingerprint density at radius 2 is 0.761 bits per heavy atom. The van der Waals surface area contributed by atoms with Crippen LogP contribution in [0.4, 0.5) is 0 Å². The third kappa shape index (κ3) is 22.8. The van der Waals surface area contributed by atoms with Crippen LogP contribution in [0, 0.1) is 0 Å². The lowest BCUT2D eigenvalue weighted by Gasteiger charge is -2.51. The summed E-state index contributed by atoms with van der Waals surface area (Å²) in [6.07, 6.45) is -78.6. The van der Waals surface area contributed by atoms with Gasteiger partial charge in [-0.25, -0.2) is 9.59 Å². The lowest BCUT2D eigenvalue weighted by Crippen LogP contribution is -2.71. The van der Waals surface area contributed by atoms with Gasteiger partial charge in [0.2, 0.25) is 29.5 Å². The number of hydrogen-bond donors (Lipinski definition) is 32. The minimum Gasteiger partial charge on any atom is -0.477 e. The van der Waals surface area contributed by atoms with E-state index in [9.17, 15) is 171 Å². The number of carboxylic acid groups (broad SMARTS) is 2. The highest BCUT2D eigenvalue weighted by Crippen LogP contribution is 2.42. The number of rotatable bonds is 38. The summed E-state index contributed by atoms with van der Waals surface area (Å²) < 4.78 is 80.7. The van der Waals surface area contributed by atoms with Gasteiger partial charge in [0.1, 0.15) is 183 Å². The van der Waals surface area contributed by atoms with E-state index < -0.39 is 371 Å². The van der Waals surface area contributed by atoms with Gasteiger partial charge < -0.3 is 231 Å². The van der Waals surface area contributed by atoms with Crippen LogP contribution in [0.3, 0.4) is 0 Å². The quantitative estimate of drug-likeness (QED) is 0.0273. The first-order chi connectivity index (χ1) is 55.0. The Hall–Kier alpha value is -5.27. The summed E-state index contributed by atoms with van der Waals surface area (Å²) in [6.45, 7) is -8.55. The molecule has 7 saturated heterocycles. The first-order valence-electron chi connectivity index (χ1n) is 36.5. The maximum absolute atomic E-state index is 13.2. The van der Waals surface area contributed by atoms with E-state index in [-0.39, 0.29) is 0 Å². The van der Waals surface area contributed by atoms with Gasteiger partial charge in [0.15, 0.2) is 31.5 Å². The number of nitrogens with one attached hydrogen (secondary N) is 5. The fourth-order valence-corrected chi connectivity index (χ4v) is 14.4. The van der Waals surface area contributed by atoms with Gasteiger partial charge in [0.25, 0.3) is 11.6 Å². The lowest BCUT2D eigenvalue weighted by atomic mass is 9.88. The molecule has 7 fully saturated rings. The maximum atomic E-state index is 13.2. The molecule has 53 nitrogen and oxygen atoms in total. The summed E-state index contributed by atoms with van der Waals surface area (Å²) in [4.78, 5) is 89.1. The van der Waals surface area contributed by atoms with Gasteiger partial charge in [-0.1, -0.05) is 0 Å². The van der Waals surface area contributed by atoms with Crippen molar-refractivity contribution in [2.45, 2.75) is 291 Å². The third-order valence-corrected chi connectivity index (χ3v) is 20.3. The SMILES string of the molecule is CC(=O)N[C@H]1[C@H](OC[C@@H](O)[C@H](O)[C@H](O[C@@H]2O[C@H](CO)[C@H](O)[C@H](O[C@@H]3O[C@H](CO)[C@@H](O[C@@H]4O[C@H](CO)[C@H](O)[C@H](O[C@]5(C(=O)O)C[C@H](O)[C@@H](NC(=O)CO)[C@H]([C@H](O)[C@H](O)CO)O5)[C@H]4O)[C@H](O)[C@H]3NC(C)=O)[C@H]2O)[C@H](CO)NC(C)=O)O[C@H](CO)[C@@H](O[C@@H]2O[C@H](CO)[C@H](O)[C@H](O[C@]3(C(=O)O)C[C@H](O)[C@@H](NC(C)=O)[C@H]([C@H](O)[C@H](O)CO)O3)[C@H]2O)[C@@H]1O. The Morgan fingerprint density at radius 1 is 0.402 bits per heavy atom. The molecule has 7 heterocycles. The predicted molar refractivity (Wildman–Crippen MR) is 360 cm³/mol. The van der Waals surface area contributed by atoms with Gasteiger partial charge in [-0.2, -0.15) is 0 Å². The Kier molecular flexibility index (Phi) is 36.5. The fraction of sp³-hybridized carbons (Fsp3) is 0.891. The molecule has 7 aliphatic rings. The van der Waals surface area contributed by atoms with Crippen LogP contribution in [-0.4, -0.2) is 496 Å². The molecule has 32 N–H and O–H groups in total. The van der Waals surface area contributed by atoms with Crippen LogP contribution in [0.2, 0.25) is 0 Å². The van der Waals surface area contributed by atoms with Crippen molar-refractivity contribution in [1.29, 1.82) is 0 Å². The first kappa shape index (κ1) is 98.8. The summed E-state index contributed by atoms with van der Waals surface area (Å²) >= 11 is 0. The first-order valence-corrected chi connectivity index (χ1v) is 36.5. The Morgan fingerprint density at radius 3 is 1.14 bits per heavy atom. The van der Waals surface area contributed by atoms with Gasteiger partial charge >= 0.3 is 11.9 Å². The second-order valence-electron chi connectivity index (χ2n) is 28.7. The molecular weight excluding hydrogens is 1610 g/mol. The van der Waals surface area contributed by atoms with E-state index in [1.54, 1.807) is 0 Å². The van der Waals surface area contributed by atoms with E-state index in [0.29, 0.717) is 0 Å². The van der Waals surface area contributed by atoms with Gasteiger partial charge in [-0.15, -0.1) is 0 Å². The molecule has 53 heteroatoms. The van der Waals surface area contributed by atoms with E-state index in [1.807, 2.05) is 0 Å². The number of aliphatic hydroxyl groups excluding tert-OH is 25. The molecule has 0 bridgehead atoms. The summed E-state index contributed by atoms with van der Waals surface area (Å²) in [7, 11) is 0. The summed E-state index contributed by atoms with van der Waals surface area (Å²) in [5.74, 6) is -16.0. The summed E-state index contributed by atoms with van der Waals surface area (Å²) in [5.41, 5.74) is 0. The normalized spacial score (nSPS) is 41.5. The highest BCUT2D eigenvalue weighted by molar-refractivity contribution is 5.79. The zero-order chi connectivity index (χ0) is 87.5. The molecular formula is C64H107N5O48. The molecule has 0 aromatic rings. The molecule has 0 radical (unpaired) electrons. The Balaban J connectivity index is 1.09. The molecule has 0 aromatic carbocycles. The van der Waals surface area contributed by atoms with E-state index in [2.05, 4.69) is 26.6 Å². The Labute approximate surface area is 661 Å². The molecule has 41 atom stereocenters. The molecule has 676 valence electrons. The average molecular weight is 1710 g/mol. The highest BCUT2D eigenvalue weighted by atomic mass is 16.8. The molecule has 0 spiro atoms. The molecule has 0 aromatic heterocycles. The maximum Gasteiger partial charge on any atom is 0.364 e. The van der Waals surface area contributed by atoms with Crippen LogP contribution in [-0.2, 0) is 99.9 Å². The zero-order valence-corrected chi connectivity index (χ0v) is 62.6. The number of carbonyl (C=O) groups is 7. The predicted octanol–water partition coefficient (Wildman–Crippen LogP) is -20.7. The molecule has 5 amide bonds. The Bertz CT molecular complexity index is 3210. The van der Waals surface area contributed by atoms with Crippen molar-refractivity contribution in [3.8, 4) is 0 Å². The minimum absolute atomic E-state index is 0.865. The molecule has 0 unspecified atom stereocenters. The second kappa shape index (κ2) is 43.2. The van der Waals surface area contributed by atoms with Gasteiger partial charge in [-0.05, 0) is 0 Å². The summed E-state index contributed by atoms with van der Waals surface area (Å²) in [6, 6.07) is -9.46. The zero-order valence-electron chi connectivity index (χ0n) is 62.6. The number of carboxylic acids is 2. The van der Waals surface area contributed by atoms with Gasteiger partial charge in [0, 0.05) is 40.5 Å². The third-order valence-electron chi connectivity index (χ3n) is 20.3. The van der Waals surface area contributed by atoms with Crippen molar-refractivity contribution >= 4 is 41.5 Å². The summed E-state index contributed by atoms with van der Waals surface area (Å²) in [5, 5.41) is 307. The molecule has 117 heavy (non-hydrogen) atoms. The van der Waals surface area contributed by atoms with Crippen molar-refractivity contribution in [3.05, 3.63) is 0 Å². The lowest BCUT2D eigenvalue weighted by molar-refractivity contribution is -0.388. The van der Waals surface area contributed by atoms with Crippen molar-refractivity contribution in [2.75, 3.05) is 66.1 Å². The van der Waals surface area contributed by atoms with Crippen LogP contribution in [0.5, 0.6) is 0 Å². The molecule has 0 saturated carbocycles. The van der Waals surface area contributed by atoms with Crippen molar-refractivity contribution in [1.82, 2.24) is 26.6 Å². The number of amides is 5.